The molecule has 6 heteroatoms. The summed E-state index contributed by atoms with van der Waals surface area (Å²) in [5.41, 5.74) is 7.15. The molecule has 3 N–H and O–H groups in total. The highest BCUT2D eigenvalue weighted by Crippen LogP contribution is 2.22. The van der Waals surface area contributed by atoms with E-state index >= 15 is 0 Å². The minimum atomic E-state index is -0.318. The molecule has 0 aliphatic rings. The number of carbonyl (C=O) groups excluding carboxylic acids is 1. The zero-order valence-corrected chi connectivity index (χ0v) is 12.7. The maximum absolute atomic E-state index is 12.3. The smallest absolute Gasteiger partial charge is 0.277 e. The summed E-state index contributed by atoms with van der Waals surface area (Å²) in [6.45, 7) is 4.35. The zero-order valence-electron chi connectivity index (χ0n) is 11.9. The highest BCUT2D eigenvalue weighted by atomic mass is 32.1. The normalized spacial score (nSPS) is 10.1. The van der Waals surface area contributed by atoms with Gasteiger partial charge in [-0.2, -0.15) is 0 Å². The van der Waals surface area contributed by atoms with Gasteiger partial charge in [-0.1, -0.05) is 25.7 Å². The number of nitrogens with two attached hydrogens (primary N) is 1. The monoisotopic (exact) mass is 300 g/mol. The maximum atomic E-state index is 12.3. The molecular formula is C15H16N4OS. The molecule has 1 amide bonds. The first-order valence-electron chi connectivity index (χ1n) is 6.52. The lowest BCUT2D eigenvalue weighted by atomic mass is 10.2. The Bertz CT molecular complexity index is 697. The average Bonchev–Trinajstić information content (AvgIpc) is 2.94. The van der Waals surface area contributed by atoms with Crippen molar-refractivity contribution in [2.45, 2.75) is 19.8 Å². The molecule has 21 heavy (non-hydrogen) atoms. The first kappa shape index (κ1) is 15.2. The molecule has 0 fully saturated rings. The van der Waals surface area contributed by atoms with E-state index in [4.69, 9.17) is 5.73 Å². The lowest BCUT2D eigenvalue weighted by Crippen LogP contribution is -2.15. The Morgan fingerprint density at radius 1 is 1.52 bits per heavy atom. The van der Waals surface area contributed by atoms with Crippen LogP contribution in [0.15, 0.2) is 23.7 Å². The topological polar surface area (TPSA) is 80.9 Å². The summed E-state index contributed by atoms with van der Waals surface area (Å²) in [6, 6.07) is 3.48. The fourth-order valence-electron chi connectivity index (χ4n) is 1.60. The van der Waals surface area contributed by atoms with Crippen molar-refractivity contribution in [3.63, 3.8) is 0 Å². The summed E-state index contributed by atoms with van der Waals surface area (Å²) < 4.78 is 0. The van der Waals surface area contributed by atoms with Crippen molar-refractivity contribution in [1.29, 1.82) is 0 Å². The van der Waals surface area contributed by atoms with Crippen LogP contribution in [-0.2, 0) is 0 Å². The Balaban J connectivity index is 2.20. The van der Waals surface area contributed by atoms with Crippen LogP contribution < -0.4 is 11.1 Å². The molecular weight excluding hydrogens is 284 g/mol. The highest BCUT2D eigenvalue weighted by Gasteiger charge is 2.14. The lowest BCUT2D eigenvalue weighted by molar-refractivity contribution is 0.102. The van der Waals surface area contributed by atoms with E-state index in [1.165, 1.54) is 11.3 Å². The minimum Gasteiger partial charge on any atom is -0.320 e. The van der Waals surface area contributed by atoms with Gasteiger partial charge in [0.05, 0.1) is 17.8 Å². The number of rotatable bonds is 3. The fraction of sp³-hybridized carbons (Fsp3) is 0.267. The minimum absolute atomic E-state index is 0.236. The van der Waals surface area contributed by atoms with Crippen molar-refractivity contribution < 1.29 is 4.79 Å². The Morgan fingerprint density at radius 3 is 3.00 bits per heavy atom. The van der Waals surface area contributed by atoms with Crippen LogP contribution in [0.25, 0.3) is 0 Å². The molecule has 2 aromatic rings. The van der Waals surface area contributed by atoms with Crippen molar-refractivity contribution >= 4 is 22.4 Å². The molecule has 0 bridgehead atoms. The molecule has 0 aromatic carbocycles. The first-order chi connectivity index (χ1) is 10.1. The predicted octanol–water partition coefficient (Wildman–Crippen LogP) is 2.22. The van der Waals surface area contributed by atoms with Gasteiger partial charge in [0.2, 0.25) is 0 Å². The SMILES string of the molecule is CC(C)c1csc(NC(=O)c2ncccc2C#CCN)n1. The predicted molar refractivity (Wildman–Crippen MR) is 84.3 cm³/mol. The molecule has 2 rings (SSSR count). The van der Waals surface area contributed by atoms with E-state index in [-0.39, 0.29) is 18.1 Å². The molecule has 0 saturated carbocycles. The number of hydrogen-bond acceptors (Lipinski definition) is 5. The van der Waals surface area contributed by atoms with Crippen LogP contribution in [-0.4, -0.2) is 22.4 Å². The molecule has 0 aliphatic carbocycles. The zero-order chi connectivity index (χ0) is 15.2. The van der Waals surface area contributed by atoms with Gasteiger partial charge in [0.1, 0.15) is 5.69 Å². The van der Waals surface area contributed by atoms with Crippen molar-refractivity contribution in [3.8, 4) is 11.8 Å². The number of nitrogens with one attached hydrogen (secondary N) is 1. The summed E-state index contributed by atoms with van der Waals surface area (Å²) in [5, 5.41) is 5.26. The molecule has 0 saturated heterocycles. The molecule has 0 spiro atoms. The van der Waals surface area contributed by atoms with Crippen LogP contribution in [0.4, 0.5) is 5.13 Å². The second-order valence-electron chi connectivity index (χ2n) is 4.59. The summed E-state index contributed by atoms with van der Waals surface area (Å²) in [7, 11) is 0. The maximum Gasteiger partial charge on any atom is 0.277 e. The van der Waals surface area contributed by atoms with Gasteiger partial charge in [-0.3, -0.25) is 10.1 Å². The third-order valence-corrected chi connectivity index (χ3v) is 3.46. The van der Waals surface area contributed by atoms with Crippen LogP contribution in [0.2, 0.25) is 0 Å². The summed E-state index contributed by atoms with van der Waals surface area (Å²) in [4.78, 5) is 20.7. The van der Waals surface area contributed by atoms with Gasteiger partial charge in [0.15, 0.2) is 5.13 Å². The van der Waals surface area contributed by atoms with E-state index < -0.39 is 0 Å². The Kier molecular flexibility index (Phi) is 5.04. The van der Waals surface area contributed by atoms with Gasteiger partial charge in [0.25, 0.3) is 5.91 Å². The highest BCUT2D eigenvalue weighted by molar-refractivity contribution is 7.14. The molecule has 0 aliphatic heterocycles. The van der Waals surface area contributed by atoms with E-state index in [0.717, 1.165) is 5.69 Å². The molecule has 2 aromatic heterocycles. The lowest BCUT2D eigenvalue weighted by Gasteiger charge is -2.03. The average molecular weight is 300 g/mol. The Hall–Kier alpha value is -2.23. The number of amides is 1. The van der Waals surface area contributed by atoms with Crippen LogP contribution >= 0.6 is 11.3 Å². The third kappa shape index (κ3) is 3.88. The van der Waals surface area contributed by atoms with Crippen LogP contribution in [0.1, 0.15) is 41.5 Å². The molecule has 0 atom stereocenters. The number of carbonyl (C=O) groups is 1. The standard InChI is InChI=1S/C15H16N4OS/c1-10(2)12-9-21-15(18-12)19-14(20)13-11(5-3-7-16)6-4-8-17-13/h4,6,8-10H,7,16H2,1-2H3,(H,18,19,20). The van der Waals surface area contributed by atoms with Gasteiger partial charge in [0, 0.05) is 11.6 Å². The van der Waals surface area contributed by atoms with E-state index in [1.807, 2.05) is 5.38 Å². The summed E-state index contributed by atoms with van der Waals surface area (Å²) in [6.07, 6.45) is 1.56. The molecule has 0 unspecified atom stereocenters. The van der Waals surface area contributed by atoms with Crippen LogP contribution in [0.5, 0.6) is 0 Å². The van der Waals surface area contributed by atoms with Crippen LogP contribution in [0, 0.1) is 11.8 Å². The Morgan fingerprint density at radius 2 is 2.33 bits per heavy atom. The second-order valence-corrected chi connectivity index (χ2v) is 5.45. The molecule has 108 valence electrons. The summed E-state index contributed by atoms with van der Waals surface area (Å²) >= 11 is 1.40. The summed E-state index contributed by atoms with van der Waals surface area (Å²) in [5.74, 6) is 5.58. The van der Waals surface area contributed by atoms with E-state index in [2.05, 4.69) is 41.0 Å². The first-order valence-corrected chi connectivity index (χ1v) is 7.40. The fourth-order valence-corrected chi connectivity index (χ4v) is 2.47. The van der Waals surface area contributed by atoms with Gasteiger partial charge in [-0.15, -0.1) is 11.3 Å². The van der Waals surface area contributed by atoms with Gasteiger partial charge < -0.3 is 5.73 Å². The quantitative estimate of drug-likeness (QED) is 0.852. The number of aromatic nitrogens is 2. The molecule has 2 heterocycles. The van der Waals surface area contributed by atoms with E-state index in [0.29, 0.717) is 16.6 Å². The van der Waals surface area contributed by atoms with Crippen molar-refractivity contribution in [2.75, 3.05) is 11.9 Å². The number of anilines is 1. The van der Waals surface area contributed by atoms with Crippen LogP contribution in [0.3, 0.4) is 0 Å². The van der Waals surface area contributed by atoms with Crippen molar-refractivity contribution in [2.24, 2.45) is 5.73 Å². The third-order valence-electron chi connectivity index (χ3n) is 2.68. The Labute approximate surface area is 127 Å². The van der Waals surface area contributed by atoms with Crippen molar-refractivity contribution in [1.82, 2.24) is 9.97 Å². The molecule has 5 nitrogen and oxygen atoms in total. The molecule has 0 radical (unpaired) electrons. The van der Waals surface area contributed by atoms with E-state index in [1.54, 1.807) is 18.3 Å². The van der Waals surface area contributed by atoms with Gasteiger partial charge >= 0.3 is 0 Å². The number of nitrogens with zero attached hydrogens (tertiary/aromatic N) is 2. The number of hydrogen-bond donors (Lipinski definition) is 2. The van der Waals surface area contributed by atoms with Gasteiger partial charge in [-0.25, -0.2) is 9.97 Å². The largest absolute Gasteiger partial charge is 0.320 e. The number of pyridine rings is 1. The van der Waals surface area contributed by atoms with Crippen molar-refractivity contribution in [3.05, 3.63) is 40.7 Å². The second kappa shape index (κ2) is 6.97. The van der Waals surface area contributed by atoms with Gasteiger partial charge in [-0.05, 0) is 18.1 Å². The number of thiazole rings is 1. The van der Waals surface area contributed by atoms with E-state index in [9.17, 15) is 4.79 Å².